The molecule has 3 heteroatoms. The number of hydrogen-bond acceptors (Lipinski definition) is 3. The van der Waals surface area contributed by atoms with Crippen LogP contribution in [0.3, 0.4) is 0 Å². The van der Waals surface area contributed by atoms with E-state index in [4.69, 9.17) is 9.47 Å². The van der Waals surface area contributed by atoms with E-state index >= 15 is 0 Å². The number of rotatable bonds is 5. The van der Waals surface area contributed by atoms with E-state index in [0.717, 1.165) is 37.0 Å². The maximum atomic E-state index is 12.4. The maximum absolute atomic E-state index is 12.4. The molecule has 1 unspecified atom stereocenters. The fraction of sp³-hybridized carbons (Fsp3) is 0.286. The van der Waals surface area contributed by atoms with Crippen molar-refractivity contribution in [3.8, 4) is 0 Å². The lowest BCUT2D eigenvalue weighted by Gasteiger charge is -2.22. The molecule has 2 aromatic rings. The monoisotopic (exact) mass is 322 g/mol. The molecule has 1 fully saturated rings. The molecule has 124 valence electrons. The van der Waals surface area contributed by atoms with Crippen LogP contribution in [0.2, 0.25) is 0 Å². The molecule has 1 aliphatic rings. The minimum absolute atomic E-state index is 0.0376. The van der Waals surface area contributed by atoms with E-state index in [1.807, 2.05) is 61.5 Å². The van der Waals surface area contributed by atoms with Crippen LogP contribution in [0.1, 0.15) is 47.7 Å². The van der Waals surface area contributed by atoms with Gasteiger partial charge in [0.2, 0.25) is 0 Å². The van der Waals surface area contributed by atoms with Crippen molar-refractivity contribution in [1.29, 1.82) is 0 Å². The van der Waals surface area contributed by atoms with Crippen molar-refractivity contribution in [2.45, 2.75) is 32.5 Å². The smallest absolute Gasteiger partial charge is 0.198 e. The quantitative estimate of drug-likeness (QED) is 0.585. The molecule has 1 saturated heterocycles. The van der Waals surface area contributed by atoms with Gasteiger partial charge in [-0.15, -0.1) is 0 Å². The summed E-state index contributed by atoms with van der Waals surface area (Å²) in [7, 11) is 0. The Morgan fingerprint density at radius 2 is 1.67 bits per heavy atom. The summed E-state index contributed by atoms with van der Waals surface area (Å²) in [5.74, 6) is 0.0376. The molecule has 0 bridgehead atoms. The van der Waals surface area contributed by atoms with Crippen molar-refractivity contribution in [2.24, 2.45) is 0 Å². The van der Waals surface area contributed by atoms with Gasteiger partial charge in [0.05, 0.1) is 12.9 Å². The van der Waals surface area contributed by atoms with E-state index in [0.29, 0.717) is 11.1 Å². The predicted octanol–water partition coefficient (Wildman–Crippen LogP) is 4.82. The molecule has 3 rings (SSSR count). The molecule has 0 aromatic heterocycles. The lowest BCUT2D eigenvalue weighted by Crippen LogP contribution is -2.20. The molecule has 0 radical (unpaired) electrons. The fourth-order valence-corrected chi connectivity index (χ4v) is 2.71. The number of benzene rings is 2. The molecular formula is C21H22O3. The topological polar surface area (TPSA) is 35.5 Å². The Kier molecular flexibility index (Phi) is 5.44. The minimum atomic E-state index is -0.132. The van der Waals surface area contributed by atoms with E-state index < -0.39 is 0 Å². The third kappa shape index (κ3) is 4.12. The lowest BCUT2D eigenvalue weighted by atomic mass is 10.0. The minimum Gasteiger partial charge on any atom is -0.472 e. The Morgan fingerprint density at radius 3 is 2.33 bits per heavy atom. The van der Waals surface area contributed by atoms with Crippen molar-refractivity contribution >= 4 is 11.4 Å². The third-order valence-electron chi connectivity index (χ3n) is 4.17. The van der Waals surface area contributed by atoms with E-state index in [9.17, 15) is 4.79 Å². The Balaban J connectivity index is 1.66. The maximum Gasteiger partial charge on any atom is 0.198 e. The number of hydrogen-bond donors (Lipinski definition) is 0. The van der Waals surface area contributed by atoms with E-state index in [1.54, 1.807) is 6.26 Å². The molecule has 1 atom stereocenters. The van der Waals surface area contributed by atoms with Crippen LogP contribution in [-0.2, 0) is 9.47 Å². The van der Waals surface area contributed by atoms with E-state index in [2.05, 4.69) is 0 Å². The summed E-state index contributed by atoms with van der Waals surface area (Å²) in [4.78, 5) is 12.4. The zero-order chi connectivity index (χ0) is 16.8. The summed E-state index contributed by atoms with van der Waals surface area (Å²) in [6, 6.07) is 16.9. The van der Waals surface area contributed by atoms with Crippen LogP contribution in [0.25, 0.3) is 5.57 Å². The van der Waals surface area contributed by atoms with Gasteiger partial charge in [-0.05, 0) is 30.9 Å². The van der Waals surface area contributed by atoms with Gasteiger partial charge in [-0.1, -0.05) is 54.6 Å². The average Bonchev–Trinajstić information content (AvgIpc) is 2.67. The fourth-order valence-electron chi connectivity index (χ4n) is 2.71. The number of carbonyl (C=O) groups excluding carboxylic acids is 1. The van der Waals surface area contributed by atoms with Crippen LogP contribution < -0.4 is 0 Å². The molecule has 2 aromatic carbocycles. The molecular weight excluding hydrogens is 300 g/mol. The molecule has 1 aliphatic heterocycles. The van der Waals surface area contributed by atoms with Crippen molar-refractivity contribution in [1.82, 2.24) is 0 Å². The second-order valence-electron chi connectivity index (χ2n) is 6.01. The number of carbonyl (C=O) groups is 1. The Hall–Kier alpha value is -2.39. The Labute approximate surface area is 142 Å². The summed E-state index contributed by atoms with van der Waals surface area (Å²) < 4.78 is 11.2. The first-order valence-corrected chi connectivity index (χ1v) is 8.38. The molecule has 0 N–H and O–H groups in total. The van der Waals surface area contributed by atoms with Gasteiger partial charge in [0.1, 0.15) is 0 Å². The first-order chi connectivity index (χ1) is 11.7. The van der Waals surface area contributed by atoms with Gasteiger partial charge >= 0.3 is 0 Å². The van der Waals surface area contributed by atoms with Crippen LogP contribution in [0, 0.1) is 0 Å². The molecule has 0 aliphatic carbocycles. The number of allylic oxidation sites excluding steroid dienone is 1. The molecule has 3 nitrogen and oxygen atoms in total. The van der Waals surface area contributed by atoms with Gasteiger partial charge in [0.25, 0.3) is 0 Å². The largest absolute Gasteiger partial charge is 0.472 e. The van der Waals surface area contributed by atoms with Gasteiger partial charge in [0, 0.05) is 17.5 Å². The summed E-state index contributed by atoms with van der Waals surface area (Å²) >= 11 is 0. The second-order valence-corrected chi connectivity index (χ2v) is 6.01. The number of ketones is 1. The average molecular weight is 322 g/mol. The van der Waals surface area contributed by atoms with Gasteiger partial charge in [-0.3, -0.25) is 4.79 Å². The SMILES string of the molecule is C/C(=C\OC1CCCCO1)c1ccc(C(=O)c2ccccc2)cc1. The highest BCUT2D eigenvalue weighted by Crippen LogP contribution is 2.19. The van der Waals surface area contributed by atoms with Crippen LogP contribution in [0.15, 0.2) is 60.9 Å². The molecule has 0 saturated carbocycles. The van der Waals surface area contributed by atoms with Crippen molar-refractivity contribution in [3.05, 3.63) is 77.5 Å². The summed E-state index contributed by atoms with van der Waals surface area (Å²) in [6.45, 7) is 2.77. The zero-order valence-corrected chi connectivity index (χ0v) is 13.9. The van der Waals surface area contributed by atoms with Crippen LogP contribution in [-0.4, -0.2) is 18.7 Å². The van der Waals surface area contributed by atoms with Gasteiger partial charge in [0.15, 0.2) is 12.1 Å². The van der Waals surface area contributed by atoms with Crippen LogP contribution in [0.5, 0.6) is 0 Å². The first kappa shape index (κ1) is 16.5. The van der Waals surface area contributed by atoms with Crippen molar-refractivity contribution in [3.63, 3.8) is 0 Å². The van der Waals surface area contributed by atoms with E-state index in [1.165, 1.54) is 0 Å². The van der Waals surface area contributed by atoms with Gasteiger partial charge in [-0.25, -0.2) is 0 Å². The second kappa shape index (κ2) is 7.93. The predicted molar refractivity (Wildman–Crippen MR) is 94.6 cm³/mol. The van der Waals surface area contributed by atoms with Crippen LogP contribution >= 0.6 is 0 Å². The zero-order valence-electron chi connectivity index (χ0n) is 13.9. The highest BCUT2D eigenvalue weighted by Gasteiger charge is 2.13. The Bertz CT molecular complexity index is 696. The van der Waals surface area contributed by atoms with E-state index in [-0.39, 0.29) is 12.1 Å². The van der Waals surface area contributed by atoms with Gasteiger partial charge < -0.3 is 9.47 Å². The normalized spacial score (nSPS) is 18.2. The molecule has 24 heavy (non-hydrogen) atoms. The highest BCUT2D eigenvalue weighted by atomic mass is 16.7. The summed E-state index contributed by atoms with van der Waals surface area (Å²) in [5, 5.41) is 0. The van der Waals surface area contributed by atoms with Crippen LogP contribution in [0.4, 0.5) is 0 Å². The lowest BCUT2D eigenvalue weighted by molar-refractivity contribution is -0.129. The Morgan fingerprint density at radius 1 is 1.00 bits per heavy atom. The summed E-state index contributed by atoms with van der Waals surface area (Å²) in [5.41, 5.74) is 3.45. The van der Waals surface area contributed by atoms with Gasteiger partial charge in [-0.2, -0.15) is 0 Å². The standard InChI is InChI=1S/C21H22O3/c1-16(15-24-20-9-5-6-14-23-20)17-10-12-19(13-11-17)21(22)18-7-3-2-4-8-18/h2-4,7-8,10-13,15,20H,5-6,9,14H2,1H3/b16-15+. The first-order valence-electron chi connectivity index (χ1n) is 8.38. The summed E-state index contributed by atoms with van der Waals surface area (Å²) in [6.07, 6.45) is 4.82. The highest BCUT2D eigenvalue weighted by molar-refractivity contribution is 6.09. The molecule has 0 spiro atoms. The number of ether oxygens (including phenoxy) is 2. The molecule has 0 amide bonds. The molecule has 1 heterocycles. The third-order valence-corrected chi connectivity index (χ3v) is 4.17. The van der Waals surface area contributed by atoms with Crippen molar-refractivity contribution in [2.75, 3.05) is 6.61 Å². The van der Waals surface area contributed by atoms with Crippen molar-refractivity contribution < 1.29 is 14.3 Å².